The lowest BCUT2D eigenvalue weighted by Gasteiger charge is -2.08. The molecule has 0 amide bonds. The Bertz CT molecular complexity index is 471. The molecule has 0 saturated heterocycles. The minimum Gasteiger partial charge on any atom is -0.326 e. The normalized spacial score (nSPS) is 10.6. The van der Waals surface area contributed by atoms with Crippen LogP contribution in [0.5, 0.6) is 0 Å². The van der Waals surface area contributed by atoms with Crippen molar-refractivity contribution in [3.05, 3.63) is 47.3 Å². The van der Waals surface area contributed by atoms with Crippen molar-refractivity contribution in [3.63, 3.8) is 0 Å². The van der Waals surface area contributed by atoms with Crippen LogP contribution in [-0.4, -0.2) is 9.78 Å². The van der Waals surface area contributed by atoms with Crippen LogP contribution < -0.4 is 5.73 Å². The van der Waals surface area contributed by atoms with Gasteiger partial charge in [0.1, 0.15) is 0 Å². The van der Waals surface area contributed by atoms with E-state index < -0.39 is 0 Å². The van der Waals surface area contributed by atoms with Crippen LogP contribution in [0.3, 0.4) is 0 Å². The maximum Gasteiger partial charge on any atom is 0.0693 e. The van der Waals surface area contributed by atoms with Gasteiger partial charge in [-0.05, 0) is 37.1 Å². The molecule has 0 atom stereocenters. The fourth-order valence-corrected chi connectivity index (χ4v) is 1.61. The van der Waals surface area contributed by atoms with Crippen LogP contribution >= 0.6 is 0 Å². The minimum atomic E-state index is 0.536. The number of benzene rings is 1. The molecular weight excluding hydrogens is 186 g/mol. The predicted molar refractivity (Wildman–Crippen MR) is 60.9 cm³/mol. The van der Waals surface area contributed by atoms with Gasteiger partial charge >= 0.3 is 0 Å². The number of aryl methyl sites for hydroxylation is 2. The van der Waals surface area contributed by atoms with Crippen LogP contribution in [0.2, 0.25) is 0 Å². The van der Waals surface area contributed by atoms with Crippen molar-refractivity contribution in [2.75, 3.05) is 0 Å². The standard InChI is InChI=1S/C12H15N3/c1-9-3-4-11(8-13)12(7-9)15-6-5-10(2)14-15/h3-7H,8,13H2,1-2H3. The number of nitrogens with zero attached hydrogens (tertiary/aromatic N) is 2. The van der Waals surface area contributed by atoms with E-state index in [-0.39, 0.29) is 0 Å². The van der Waals surface area contributed by atoms with Crippen LogP contribution in [0.4, 0.5) is 0 Å². The monoisotopic (exact) mass is 201 g/mol. The molecule has 1 heterocycles. The zero-order valence-corrected chi connectivity index (χ0v) is 9.07. The molecule has 0 spiro atoms. The van der Waals surface area contributed by atoms with E-state index in [2.05, 4.69) is 30.2 Å². The molecule has 0 unspecified atom stereocenters. The van der Waals surface area contributed by atoms with E-state index in [1.54, 1.807) is 0 Å². The van der Waals surface area contributed by atoms with Gasteiger partial charge in [0, 0.05) is 12.7 Å². The summed E-state index contributed by atoms with van der Waals surface area (Å²) in [6.07, 6.45) is 1.96. The Balaban J connectivity index is 2.55. The molecule has 2 rings (SSSR count). The molecule has 0 aliphatic carbocycles. The zero-order chi connectivity index (χ0) is 10.8. The highest BCUT2D eigenvalue weighted by atomic mass is 15.3. The number of hydrogen-bond donors (Lipinski definition) is 1. The highest BCUT2D eigenvalue weighted by Crippen LogP contribution is 2.15. The Kier molecular flexibility index (Phi) is 2.56. The van der Waals surface area contributed by atoms with Gasteiger partial charge in [-0.15, -0.1) is 0 Å². The molecular formula is C12H15N3. The third kappa shape index (κ3) is 1.92. The average molecular weight is 201 g/mol. The van der Waals surface area contributed by atoms with Crippen LogP contribution in [0.1, 0.15) is 16.8 Å². The lowest BCUT2D eigenvalue weighted by Crippen LogP contribution is -2.05. The summed E-state index contributed by atoms with van der Waals surface area (Å²) in [6.45, 7) is 4.59. The van der Waals surface area contributed by atoms with Crippen molar-refractivity contribution >= 4 is 0 Å². The molecule has 0 bridgehead atoms. The number of aromatic nitrogens is 2. The fourth-order valence-electron chi connectivity index (χ4n) is 1.61. The van der Waals surface area contributed by atoms with E-state index >= 15 is 0 Å². The molecule has 2 N–H and O–H groups in total. The zero-order valence-electron chi connectivity index (χ0n) is 9.07. The quantitative estimate of drug-likeness (QED) is 0.807. The van der Waals surface area contributed by atoms with Crippen molar-refractivity contribution in [2.45, 2.75) is 20.4 Å². The third-order valence-corrected chi connectivity index (χ3v) is 2.43. The smallest absolute Gasteiger partial charge is 0.0693 e. The molecule has 3 heteroatoms. The largest absolute Gasteiger partial charge is 0.326 e. The van der Waals surface area contributed by atoms with Gasteiger partial charge in [0.15, 0.2) is 0 Å². The lowest BCUT2D eigenvalue weighted by atomic mass is 10.1. The Morgan fingerprint density at radius 1 is 1.27 bits per heavy atom. The first kappa shape index (κ1) is 9.93. The number of hydrogen-bond acceptors (Lipinski definition) is 2. The Morgan fingerprint density at radius 2 is 2.07 bits per heavy atom. The van der Waals surface area contributed by atoms with E-state index in [4.69, 9.17) is 5.73 Å². The average Bonchev–Trinajstić information content (AvgIpc) is 2.65. The topological polar surface area (TPSA) is 43.8 Å². The fraction of sp³-hybridized carbons (Fsp3) is 0.250. The van der Waals surface area contributed by atoms with E-state index in [0.717, 1.165) is 16.9 Å². The molecule has 0 aliphatic heterocycles. The maximum absolute atomic E-state index is 5.70. The number of nitrogens with two attached hydrogens (primary N) is 1. The maximum atomic E-state index is 5.70. The lowest BCUT2D eigenvalue weighted by molar-refractivity contribution is 0.842. The second-order valence-electron chi connectivity index (χ2n) is 3.74. The first-order valence-electron chi connectivity index (χ1n) is 5.03. The van der Waals surface area contributed by atoms with E-state index in [0.29, 0.717) is 6.54 Å². The summed E-state index contributed by atoms with van der Waals surface area (Å²) < 4.78 is 1.88. The van der Waals surface area contributed by atoms with E-state index in [1.807, 2.05) is 23.9 Å². The van der Waals surface area contributed by atoms with E-state index in [9.17, 15) is 0 Å². The van der Waals surface area contributed by atoms with E-state index in [1.165, 1.54) is 5.56 Å². The molecule has 2 aromatic rings. The van der Waals surface area contributed by atoms with Crippen molar-refractivity contribution in [2.24, 2.45) is 5.73 Å². The summed E-state index contributed by atoms with van der Waals surface area (Å²) in [7, 11) is 0. The minimum absolute atomic E-state index is 0.536. The second kappa shape index (κ2) is 3.87. The SMILES string of the molecule is Cc1ccc(CN)c(-n2ccc(C)n2)c1. The third-order valence-electron chi connectivity index (χ3n) is 2.43. The van der Waals surface area contributed by atoms with Gasteiger partial charge < -0.3 is 5.73 Å². The molecule has 1 aromatic carbocycles. The van der Waals surface area contributed by atoms with Crippen molar-refractivity contribution in [3.8, 4) is 5.69 Å². The van der Waals surface area contributed by atoms with Crippen LogP contribution in [0.25, 0.3) is 5.69 Å². The van der Waals surface area contributed by atoms with Gasteiger partial charge in [-0.2, -0.15) is 5.10 Å². The molecule has 0 aliphatic rings. The van der Waals surface area contributed by atoms with Gasteiger partial charge in [0.25, 0.3) is 0 Å². The van der Waals surface area contributed by atoms with Gasteiger partial charge in [-0.3, -0.25) is 0 Å². The summed E-state index contributed by atoms with van der Waals surface area (Å²) in [5, 5.41) is 4.39. The molecule has 0 fully saturated rings. The molecule has 3 nitrogen and oxygen atoms in total. The van der Waals surface area contributed by atoms with Crippen molar-refractivity contribution in [1.29, 1.82) is 0 Å². The highest BCUT2D eigenvalue weighted by molar-refractivity contribution is 5.43. The van der Waals surface area contributed by atoms with Crippen molar-refractivity contribution < 1.29 is 0 Å². The molecule has 78 valence electrons. The van der Waals surface area contributed by atoms with Crippen LogP contribution in [-0.2, 0) is 6.54 Å². The van der Waals surface area contributed by atoms with Gasteiger partial charge in [0.2, 0.25) is 0 Å². The summed E-state index contributed by atoms with van der Waals surface area (Å²) in [6, 6.07) is 8.22. The summed E-state index contributed by atoms with van der Waals surface area (Å²) in [5.41, 5.74) is 10.1. The number of rotatable bonds is 2. The highest BCUT2D eigenvalue weighted by Gasteiger charge is 2.04. The van der Waals surface area contributed by atoms with Gasteiger partial charge in [-0.25, -0.2) is 4.68 Å². The summed E-state index contributed by atoms with van der Waals surface area (Å²) in [4.78, 5) is 0. The Labute approximate surface area is 89.5 Å². The molecule has 15 heavy (non-hydrogen) atoms. The van der Waals surface area contributed by atoms with Crippen molar-refractivity contribution in [1.82, 2.24) is 9.78 Å². The van der Waals surface area contributed by atoms with Gasteiger partial charge in [0.05, 0.1) is 11.4 Å². The Morgan fingerprint density at radius 3 is 2.67 bits per heavy atom. The Hall–Kier alpha value is -1.61. The van der Waals surface area contributed by atoms with Gasteiger partial charge in [-0.1, -0.05) is 12.1 Å². The predicted octanol–water partition coefficient (Wildman–Crippen LogP) is 1.95. The molecule has 0 radical (unpaired) electrons. The second-order valence-corrected chi connectivity index (χ2v) is 3.74. The molecule has 0 saturated carbocycles. The molecule has 1 aromatic heterocycles. The first-order valence-corrected chi connectivity index (χ1v) is 5.03. The van der Waals surface area contributed by atoms with Crippen LogP contribution in [0, 0.1) is 13.8 Å². The summed E-state index contributed by atoms with van der Waals surface area (Å²) in [5.74, 6) is 0. The first-order chi connectivity index (χ1) is 7.20. The summed E-state index contributed by atoms with van der Waals surface area (Å²) >= 11 is 0. The van der Waals surface area contributed by atoms with Crippen LogP contribution in [0.15, 0.2) is 30.5 Å².